The van der Waals surface area contributed by atoms with Crippen molar-refractivity contribution >= 4 is 8.60 Å². The molecule has 0 aliphatic rings. The lowest BCUT2D eigenvalue weighted by atomic mass is 9.73. The van der Waals surface area contributed by atoms with E-state index in [0.717, 1.165) is 180 Å². The molecule has 6 rings (SSSR count). The summed E-state index contributed by atoms with van der Waals surface area (Å²) in [5.74, 6) is 0. The largest absolute Gasteiger partial charge is 0.337 e. The molecular weight excluding hydrogens is 1200 g/mol. The van der Waals surface area contributed by atoms with E-state index in [1.807, 2.05) is 0 Å². The van der Waals surface area contributed by atoms with Gasteiger partial charge in [-0.15, -0.1) is 0 Å². The fourth-order valence-electron chi connectivity index (χ4n) is 14.4. The first kappa shape index (κ1) is 80.8. The van der Waals surface area contributed by atoms with Crippen molar-refractivity contribution in [3.8, 4) is 0 Å². The van der Waals surface area contributed by atoms with Crippen LogP contribution in [0, 0.1) is 41.5 Å². The van der Waals surface area contributed by atoms with E-state index in [2.05, 4.69) is 296 Å². The van der Waals surface area contributed by atoms with E-state index < -0.39 is 25.4 Å². The highest BCUT2D eigenvalue weighted by atomic mass is 31.2. The van der Waals surface area contributed by atoms with Gasteiger partial charge < -0.3 is 0 Å². The zero-order chi connectivity index (χ0) is 72.7. The maximum Gasteiger partial charge on any atom is 0.337 e. The van der Waals surface area contributed by atoms with Gasteiger partial charge in [0.05, 0.1) is 0 Å². The van der Waals surface area contributed by atoms with Crippen LogP contribution >= 0.6 is 8.60 Å². The van der Waals surface area contributed by atoms with E-state index in [1.165, 1.54) is 33.4 Å². The van der Waals surface area contributed by atoms with Crippen LogP contribution < -0.4 is 0 Å². The molecule has 0 unspecified atom stereocenters. The molecule has 0 saturated heterocycles. The van der Waals surface area contributed by atoms with Crippen molar-refractivity contribution in [3.63, 3.8) is 0 Å². The quantitative estimate of drug-likeness (QED) is 0.0256. The van der Waals surface area contributed by atoms with Gasteiger partial charge in [0.25, 0.3) is 0 Å². The van der Waals surface area contributed by atoms with Gasteiger partial charge >= 0.3 is 8.60 Å². The minimum atomic E-state index is -2.67. The molecular formula is C93H135O3P. The summed E-state index contributed by atoms with van der Waals surface area (Å²) in [6.07, 6.45) is 15.0. The molecule has 4 heteroatoms. The van der Waals surface area contributed by atoms with Crippen LogP contribution in [-0.2, 0) is 62.9 Å². The van der Waals surface area contributed by atoms with Gasteiger partial charge in [0.1, 0.15) is 16.8 Å². The molecule has 0 atom stereocenters. The number of rotatable bonds is 30. The Morgan fingerprint density at radius 3 is 0.567 bits per heavy atom. The van der Waals surface area contributed by atoms with Crippen LogP contribution in [0.4, 0.5) is 0 Å². The molecule has 0 aliphatic carbocycles. The van der Waals surface area contributed by atoms with Crippen LogP contribution in [0.3, 0.4) is 0 Å². The summed E-state index contributed by atoms with van der Waals surface area (Å²) in [7, 11) is -2.67. The maximum atomic E-state index is 9.04. The third kappa shape index (κ3) is 18.7. The van der Waals surface area contributed by atoms with Crippen molar-refractivity contribution in [1.29, 1.82) is 0 Å². The van der Waals surface area contributed by atoms with E-state index in [-0.39, 0.29) is 32.5 Å². The lowest BCUT2D eigenvalue weighted by Gasteiger charge is -2.48. The summed E-state index contributed by atoms with van der Waals surface area (Å²) < 4.78 is 27.1. The van der Waals surface area contributed by atoms with Gasteiger partial charge in [0.2, 0.25) is 0 Å². The van der Waals surface area contributed by atoms with E-state index in [0.29, 0.717) is 0 Å². The predicted octanol–water partition coefficient (Wildman–Crippen LogP) is 28.3. The summed E-state index contributed by atoms with van der Waals surface area (Å²) in [6, 6.07) is 42.7. The van der Waals surface area contributed by atoms with Crippen LogP contribution in [0.15, 0.2) is 146 Å². The standard InChI is InChI=1S/C93H135O3P/c1-31-34-37-40-43-70(10)91(79-52-46-73(58-64(79)4)85(13,14)15,80-53-47-74(59-65(80)5)86(16,17)18)94-97(95-92(71(11)44-41-38-35-32-2,81-54-48-75(60-66(81)6)87(19,20)21)82-55-49-76(61-67(82)7)88(22,23)24)96-93(72(12)45-42-39-36-33-3,83-56-50-77(62-68(83)8)89(25,26)27)84-57-51-78(63-69(84)9)90(28,29)30/h46-63H,10-12,31-45H2,1-9,13-30H3. The average Bonchev–Trinajstić information content (AvgIpc) is 0.727. The predicted molar refractivity (Wildman–Crippen MR) is 425 cm³/mol. The first-order valence-corrected chi connectivity index (χ1v) is 38.7. The fourth-order valence-corrected chi connectivity index (χ4v) is 16.2. The minimum absolute atomic E-state index is 0.122. The molecule has 0 aliphatic heterocycles. The van der Waals surface area contributed by atoms with E-state index in [9.17, 15) is 0 Å². The zero-order valence-corrected chi connectivity index (χ0v) is 67.7. The van der Waals surface area contributed by atoms with Gasteiger partial charge in [-0.1, -0.05) is 332 Å². The Hall–Kier alpha value is -5.15. The lowest BCUT2D eigenvalue weighted by Crippen LogP contribution is -2.41. The van der Waals surface area contributed by atoms with Crippen LogP contribution in [0.5, 0.6) is 0 Å². The number of benzene rings is 6. The number of aryl methyl sites for hydroxylation is 6. The second-order valence-electron chi connectivity index (χ2n) is 35.5. The van der Waals surface area contributed by atoms with Crippen LogP contribution in [0.1, 0.15) is 342 Å². The lowest BCUT2D eigenvalue weighted by molar-refractivity contribution is 0.0116. The molecule has 0 heterocycles. The Bertz CT molecular complexity index is 3100. The first-order chi connectivity index (χ1) is 45.0. The molecule has 6 aromatic carbocycles. The third-order valence-corrected chi connectivity index (χ3v) is 22.2. The van der Waals surface area contributed by atoms with Crippen molar-refractivity contribution < 1.29 is 13.6 Å². The number of unbranched alkanes of at least 4 members (excludes halogenated alkanes) is 9. The minimum Gasteiger partial charge on any atom is -0.291 e. The van der Waals surface area contributed by atoms with Gasteiger partial charge in [-0.05, 0) is 229 Å². The van der Waals surface area contributed by atoms with Gasteiger partial charge in [0.15, 0.2) is 0 Å². The zero-order valence-electron chi connectivity index (χ0n) is 66.8. The van der Waals surface area contributed by atoms with Crippen LogP contribution in [0.2, 0.25) is 0 Å². The number of hydrogen-bond donors (Lipinski definition) is 0. The molecule has 97 heavy (non-hydrogen) atoms. The Morgan fingerprint density at radius 2 is 0.433 bits per heavy atom. The Morgan fingerprint density at radius 1 is 0.268 bits per heavy atom. The van der Waals surface area contributed by atoms with E-state index in [1.54, 1.807) is 0 Å². The highest BCUT2D eigenvalue weighted by Crippen LogP contribution is 2.66. The third-order valence-electron chi connectivity index (χ3n) is 21.0. The smallest absolute Gasteiger partial charge is 0.291 e. The van der Waals surface area contributed by atoms with Crippen molar-refractivity contribution in [2.45, 2.75) is 333 Å². The van der Waals surface area contributed by atoms with Crippen molar-refractivity contribution in [2.75, 3.05) is 0 Å². The summed E-state index contributed by atoms with van der Waals surface area (Å²) >= 11 is 0. The van der Waals surface area contributed by atoms with Crippen molar-refractivity contribution in [2.24, 2.45) is 0 Å². The van der Waals surface area contributed by atoms with E-state index >= 15 is 0 Å². The van der Waals surface area contributed by atoms with E-state index in [4.69, 9.17) is 33.3 Å². The molecule has 0 bridgehead atoms. The molecule has 0 saturated carbocycles. The van der Waals surface area contributed by atoms with Crippen molar-refractivity contribution in [1.82, 2.24) is 0 Å². The Labute approximate surface area is 597 Å². The molecule has 0 fully saturated rings. The molecule has 6 aromatic rings. The highest BCUT2D eigenvalue weighted by Gasteiger charge is 2.54. The average molecular weight is 1330 g/mol. The molecule has 0 N–H and O–H groups in total. The molecule has 0 amide bonds. The Kier molecular flexibility index (Phi) is 26.9. The first-order valence-electron chi connectivity index (χ1n) is 37.6. The van der Waals surface area contributed by atoms with Gasteiger partial charge in [0, 0.05) is 0 Å². The van der Waals surface area contributed by atoms with Crippen LogP contribution in [-0.4, -0.2) is 0 Å². The second-order valence-corrected chi connectivity index (χ2v) is 36.5. The Balaban J connectivity index is 2.02. The second kappa shape index (κ2) is 32.2. The maximum absolute atomic E-state index is 9.04. The van der Waals surface area contributed by atoms with Gasteiger partial charge in [-0.3, -0.25) is 13.6 Å². The monoisotopic (exact) mass is 1330 g/mol. The molecule has 530 valence electrons. The van der Waals surface area contributed by atoms with Gasteiger partial charge in [-0.2, -0.15) is 0 Å². The summed E-state index contributed by atoms with van der Waals surface area (Å²) in [5.41, 5.74) is 18.7. The summed E-state index contributed by atoms with van der Waals surface area (Å²) in [5, 5.41) is 0. The molecule has 0 spiro atoms. The topological polar surface area (TPSA) is 27.7 Å². The van der Waals surface area contributed by atoms with Gasteiger partial charge in [-0.25, -0.2) is 0 Å². The summed E-state index contributed by atoms with van der Waals surface area (Å²) in [6.45, 7) is 78.5. The number of hydrogen-bond acceptors (Lipinski definition) is 3. The molecule has 3 nitrogen and oxygen atoms in total. The summed E-state index contributed by atoms with van der Waals surface area (Å²) in [4.78, 5) is 0. The fraction of sp³-hybridized carbons (Fsp3) is 0.548. The SMILES string of the molecule is C=C(CCCCCC)C(OP(OC(C(=C)CCCCCC)(c1ccc(C(C)(C)C)cc1C)c1ccc(C(C)(C)C)cc1C)OC(C(=C)CCCCCC)(c1ccc(C(C)(C)C)cc1C)c1ccc(C(C)(C)C)cc1C)(c1ccc(C(C)(C)C)cc1C)c1ccc(C(C)(C)C)cc1C. The van der Waals surface area contributed by atoms with Crippen molar-refractivity contribution in [3.05, 3.63) is 246 Å². The molecule has 0 aromatic heterocycles. The highest BCUT2D eigenvalue weighted by molar-refractivity contribution is 7.41. The normalized spacial score (nSPS) is 13.2. The molecule has 0 radical (unpaired) electrons. The van der Waals surface area contributed by atoms with Crippen LogP contribution in [0.25, 0.3) is 0 Å².